The van der Waals surface area contributed by atoms with Crippen molar-refractivity contribution in [1.29, 1.82) is 10.5 Å². The van der Waals surface area contributed by atoms with E-state index in [0.29, 0.717) is 33.6 Å². The molecule has 7 aromatic rings. The number of aryl methyl sites for hydroxylation is 3. The summed E-state index contributed by atoms with van der Waals surface area (Å²) in [6, 6.07) is 41.0. The van der Waals surface area contributed by atoms with Crippen LogP contribution in [0.5, 0.6) is 0 Å². The number of nitrogens with zero attached hydrogens (tertiary/aromatic N) is 4. The molecule has 6 heteroatoms. The van der Waals surface area contributed by atoms with E-state index in [1.54, 1.807) is 18.2 Å². The summed E-state index contributed by atoms with van der Waals surface area (Å²) in [5.41, 5.74) is 10.8. The van der Waals surface area contributed by atoms with Crippen LogP contribution in [0.3, 0.4) is 0 Å². The highest BCUT2D eigenvalue weighted by molar-refractivity contribution is 6.36. The molecule has 49 heavy (non-hydrogen) atoms. The molecule has 232 valence electrons. The van der Waals surface area contributed by atoms with Gasteiger partial charge in [-0.05, 0) is 79.4 Å². The summed E-state index contributed by atoms with van der Waals surface area (Å²) in [5, 5.41) is 21.4. The summed E-state index contributed by atoms with van der Waals surface area (Å²) in [5.74, 6) is -0.741. The lowest BCUT2D eigenvalue weighted by Gasteiger charge is -2.20. The Kier molecular flexibility index (Phi) is 6.77. The third kappa shape index (κ3) is 4.47. The van der Waals surface area contributed by atoms with Crippen molar-refractivity contribution in [3.63, 3.8) is 0 Å². The molecule has 0 bridgehead atoms. The van der Waals surface area contributed by atoms with Crippen LogP contribution in [-0.2, 0) is 0 Å². The molecule has 0 atom stereocenters. The molecule has 1 aliphatic heterocycles. The zero-order chi connectivity index (χ0) is 34.0. The second-order valence-corrected chi connectivity index (χ2v) is 12.5. The van der Waals surface area contributed by atoms with Gasteiger partial charge in [-0.3, -0.25) is 9.59 Å². The van der Waals surface area contributed by atoms with Crippen LogP contribution in [0.2, 0.25) is 0 Å². The van der Waals surface area contributed by atoms with Gasteiger partial charge in [-0.1, -0.05) is 84.4 Å². The minimum Gasteiger partial charge on any atom is -0.307 e. The second kappa shape index (κ2) is 11.2. The maximum Gasteiger partial charge on any atom is 0.268 e. The van der Waals surface area contributed by atoms with Gasteiger partial charge >= 0.3 is 0 Å². The predicted octanol–water partition coefficient (Wildman–Crippen LogP) is 9.59. The monoisotopic (exact) mass is 632 g/mol. The molecule has 0 saturated heterocycles. The van der Waals surface area contributed by atoms with Crippen LogP contribution >= 0.6 is 0 Å². The van der Waals surface area contributed by atoms with Crippen molar-refractivity contribution in [2.45, 2.75) is 20.8 Å². The highest BCUT2D eigenvalue weighted by Gasteiger charge is 2.40. The SMILES string of the molecule is Cc1cc(C)c(N2C(=O)c3cccc(-n4c5c(-c6cccc(C#N)c6)cccc5c5cccc(-c6cccc(C#N)c6)c54)c3C2=O)c(C)c1. The van der Waals surface area contributed by atoms with Gasteiger partial charge in [0.05, 0.1) is 56.8 Å². The van der Waals surface area contributed by atoms with Gasteiger partial charge in [0.1, 0.15) is 0 Å². The van der Waals surface area contributed by atoms with Crippen molar-refractivity contribution in [3.05, 3.63) is 154 Å². The third-order valence-corrected chi connectivity index (χ3v) is 9.41. The van der Waals surface area contributed by atoms with Crippen molar-refractivity contribution in [2.75, 3.05) is 4.90 Å². The van der Waals surface area contributed by atoms with Gasteiger partial charge in [0, 0.05) is 21.9 Å². The highest BCUT2D eigenvalue weighted by atomic mass is 16.2. The topological polar surface area (TPSA) is 89.9 Å². The van der Waals surface area contributed by atoms with E-state index in [-0.39, 0.29) is 11.8 Å². The quantitative estimate of drug-likeness (QED) is 0.181. The minimum atomic E-state index is -0.381. The largest absolute Gasteiger partial charge is 0.307 e. The van der Waals surface area contributed by atoms with Crippen molar-refractivity contribution >= 4 is 39.3 Å². The van der Waals surface area contributed by atoms with Crippen molar-refractivity contribution in [3.8, 4) is 40.1 Å². The van der Waals surface area contributed by atoms with E-state index in [1.165, 1.54) is 4.90 Å². The molecule has 0 aliphatic carbocycles. The summed E-state index contributed by atoms with van der Waals surface area (Å²) in [4.78, 5) is 30.2. The molecular formula is C43H28N4O2. The first kappa shape index (κ1) is 29.6. The van der Waals surface area contributed by atoms with E-state index < -0.39 is 0 Å². The maximum absolute atomic E-state index is 14.7. The number of anilines is 1. The van der Waals surface area contributed by atoms with Crippen LogP contribution in [0.25, 0.3) is 49.7 Å². The van der Waals surface area contributed by atoms with Crippen molar-refractivity contribution in [2.24, 2.45) is 0 Å². The van der Waals surface area contributed by atoms with Crippen LogP contribution in [0, 0.1) is 43.4 Å². The van der Waals surface area contributed by atoms with Crippen LogP contribution in [-0.4, -0.2) is 16.4 Å². The fourth-order valence-electron chi connectivity index (χ4n) is 7.52. The smallest absolute Gasteiger partial charge is 0.268 e. The first-order valence-electron chi connectivity index (χ1n) is 16.0. The molecular weight excluding hydrogens is 604 g/mol. The van der Waals surface area contributed by atoms with Crippen LogP contribution in [0.4, 0.5) is 5.69 Å². The molecule has 6 nitrogen and oxygen atoms in total. The number of hydrogen-bond donors (Lipinski definition) is 0. The van der Waals surface area contributed by atoms with Gasteiger partial charge in [0.25, 0.3) is 11.8 Å². The second-order valence-electron chi connectivity index (χ2n) is 12.5. The zero-order valence-corrected chi connectivity index (χ0v) is 27.1. The minimum absolute atomic E-state index is 0.326. The number of aromatic nitrogens is 1. The molecule has 2 heterocycles. The molecule has 0 radical (unpaired) electrons. The van der Waals surface area contributed by atoms with E-state index in [2.05, 4.69) is 28.8 Å². The Morgan fingerprint density at radius 1 is 0.551 bits per heavy atom. The summed E-state index contributed by atoms with van der Waals surface area (Å²) in [6.45, 7) is 5.85. The summed E-state index contributed by atoms with van der Waals surface area (Å²) in [6.07, 6.45) is 0. The number of carbonyl (C=O) groups excluding carboxylic acids is 2. The van der Waals surface area contributed by atoms with Gasteiger partial charge < -0.3 is 4.57 Å². The van der Waals surface area contributed by atoms with Crippen molar-refractivity contribution < 1.29 is 9.59 Å². The van der Waals surface area contributed by atoms with Crippen LogP contribution in [0.1, 0.15) is 48.5 Å². The number of nitriles is 2. The number of imide groups is 1. The molecule has 1 aliphatic rings. The fourth-order valence-corrected chi connectivity index (χ4v) is 7.52. The molecule has 0 fully saturated rings. The molecule has 2 amide bonds. The third-order valence-electron chi connectivity index (χ3n) is 9.41. The lowest BCUT2D eigenvalue weighted by atomic mass is 9.99. The summed E-state index contributed by atoms with van der Waals surface area (Å²) in [7, 11) is 0. The van der Waals surface area contributed by atoms with E-state index in [1.807, 2.05) is 106 Å². The van der Waals surface area contributed by atoms with E-state index in [4.69, 9.17) is 0 Å². The molecule has 0 spiro atoms. The number of para-hydroxylation sites is 2. The van der Waals surface area contributed by atoms with Gasteiger partial charge in [-0.25, -0.2) is 4.90 Å². The average Bonchev–Trinajstić information content (AvgIpc) is 3.59. The predicted molar refractivity (Wildman–Crippen MR) is 193 cm³/mol. The maximum atomic E-state index is 14.7. The number of fused-ring (bicyclic) bond motifs is 4. The Balaban J connectivity index is 1.50. The van der Waals surface area contributed by atoms with Gasteiger partial charge in [-0.2, -0.15) is 10.5 Å². The first-order valence-corrected chi connectivity index (χ1v) is 16.0. The lowest BCUT2D eigenvalue weighted by Crippen LogP contribution is -2.31. The summed E-state index contributed by atoms with van der Waals surface area (Å²) >= 11 is 0. The fraction of sp³-hybridized carbons (Fsp3) is 0.0698. The summed E-state index contributed by atoms with van der Waals surface area (Å²) < 4.78 is 2.09. The number of amides is 2. The van der Waals surface area contributed by atoms with Crippen LogP contribution < -0.4 is 4.90 Å². The van der Waals surface area contributed by atoms with E-state index in [0.717, 1.165) is 60.8 Å². The van der Waals surface area contributed by atoms with Crippen molar-refractivity contribution in [1.82, 2.24) is 4.57 Å². The lowest BCUT2D eigenvalue weighted by molar-refractivity contribution is 0.0925. The van der Waals surface area contributed by atoms with Gasteiger partial charge in [0.15, 0.2) is 0 Å². The molecule has 1 aromatic heterocycles. The van der Waals surface area contributed by atoms with E-state index in [9.17, 15) is 20.1 Å². The van der Waals surface area contributed by atoms with Gasteiger partial charge in [-0.15, -0.1) is 0 Å². The Morgan fingerprint density at radius 3 is 1.57 bits per heavy atom. The Hall–Kier alpha value is -6.76. The number of benzene rings is 6. The Morgan fingerprint density at radius 2 is 1.04 bits per heavy atom. The zero-order valence-electron chi connectivity index (χ0n) is 27.1. The van der Waals surface area contributed by atoms with E-state index >= 15 is 0 Å². The Bertz CT molecular complexity index is 2530. The molecule has 8 rings (SSSR count). The highest BCUT2D eigenvalue weighted by Crippen LogP contribution is 2.44. The number of hydrogen-bond acceptors (Lipinski definition) is 4. The van der Waals surface area contributed by atoms with Gasteiger partial charge in [0.2, 0.25) is 0 Å². The molecule has 0 saturated carbocycles. The number of carbonyl (C=O) groups is 2. The molecule has 0 unspecified atom stereocenters. The number of rotatable bonds is 4. The van der Waals surface area contributed by atoms with Crippen LogP contribution in [0.15, 0.2) is 115 Å². The standard InChI is InChI=1S/C43H28N4O2/c1-25-19-26(2)39(27(3)20-25)47-42(48)36-17-8-18-37(38(36)43(47)49)46-40-32(30-11-4-9-28(21-30)23-44)13-6-15-34(40)35-16-7-14-33(41(35)46)31-12-5-10-29(22-31)24-45/h4-22H,1-3H3. The Labute approximate surface area is 283 Å². The molecule has 6 aromatic carbocycles. The average molecular weight is 633 g/mol. The normalized spacial score (nSPS) is 12.4. The molecule has 0 N–H and O–H groups in total. The first-order chi connectivity index (χ1) is 23.8.